The maximum absolute atomic E-state index is 11.0. The molecule has 9 heteroatoms. The van der Waals surface area contributed by atoms with Gasteiger partial charge in [0.2, 0.25) is 0 Å². The van der Waals surface area contributed by atoms with Gasteiger partial charge in [0.05, 0.1) is 19.3 Å². The minimum atomic E-state index is -2.44. The van der Waals surface area contributed by atoms with Gasteiger partial charge in [0.15, 0.2) is 0 Å². The van der Waals surface area contributed by atoms with Crippen molar-refractivity contribution in [1.29, 1.82) is 0 Å². The standard InChI is InChI=1S/C9H13NO8/c10-9(8(17)18,3-7(15)16)4(1-5(11)12)2-6(13)14/h4H,1-3,10H2,(H,11,12)(H,13,14)(H,15,16)(H,17,18). The summed E-state index contributed by atoms with van der Waals surface area (Å²) in [5, 5.41) is 34.7. The van der Waals surface area contributed by atoms with E-state index in [1.807, 2.05) is 0 Å². The number of hydrogen-bond acceptors (Lipinski definition) is 5. The summed E-state index contributed by atoms with van der Waals surface area (Å²) < 4.78 is 0. The molecule has 9 nitrogen and oxygen atoms in total. The number of carboxylic acid groups (broad SMARTS) is 4. The van der Waals surface area contributed by atoms with Crippen LogP contribution in [0.15, 0.2) is 0 Å². The first kappa shape index (κ1) is 15.8. The van der Waals surface area contributed by atoms with E-state index in [1.54, 1.807) is 0 Å². The Balaban J connectivity index is 5.31. The lowest BCUT2D eigenvalue weighted by Crippen LogP contribution is -2.56. The highest BCUT2D eigenvalue weighted by atomic mass is 16.4. The first-order valence-electron chi connectivity index (χ1n) is 4.77. The first-order chi connectivity index (χ1) is 8.09. The zero-order valence-electron chi connectivity index (χ0n) is 9.20. The first-order valence-corrected chi connectivity index (χ1v) is 4.77. The summed E-state index contributed by atoms with van der Waals surface area (Å²) in [6, 6.07) is 0. The van der Waals surface area contributed by atoms with E-state index >= 15 is 0 Å². The van der Waals surface area contributed by atoms with E-state index in [0.29, 0.717) is 0 Å². The minimum Gasteiger partial charge on any atom is -0.481 e. The average Bonchev–Trinajstić information content (AvgIpc) is 2.13. The Morgan fingerprint density at radius 1 is 0.889 bits per heavy atom. The van der Waals surface area contributed by atoms with Gasteiger partial charge < -0.3 is 26.2 Å². The molecule has 0 aliphatic heterocycles. The van der Waals surface area contributed by atoms with Crippen LogP contribution in [0.25, 0.3) is 0 Å². The van der Waals surface area contributed by atoms with Gasteiger partial charge in [-0.3, -0.25) is 19.2 Å². The van der Waals surface area contributed by atoms with E-state index in [0.717, 1.165) is 0 Å². The lowest BCUT2D eigenvalue weighted by atomic mass is 9.78. The molecule has 1 unspecified atom stereocenters. The molecule has 102 valence electrons. The summed E-state index contributed by atoms with van der Waals surface area (Å²) in [7, 11) is 0. The summed E-state index contributed by atoms with van der Waals surface area (Å²) in [6.07, 6.45) is -2.75. The van der Waals surface area contributed by atoms with Crippen LogP contribution in [-0.2, 0) is 19.2 Å². The van der Waals surface area contributed by atoms with E-state index < -0.39 is 54.6 Å². The van der Waals surface area contributed by atoms with Crippen molar-refractivity contribution in [2.45, 2.75) is 24.8 Å². The molecule has 0 aromatic rings. The number of rotatable bonds is 8. The molecule has 0 saturated heterocycles. The molecular formula is C9H13NO8. The summed E-state index contributed by atoms with van der Waals surface area (Å²) in [4.78, 5) is 42.7. The summed E-state index contributed by atoms with van der Waals surface area (Å²) in [5.41, 5.74) is 2.93. The summed E-state index contributed by atoms with van der Waals surface area (Å²) >= 11 is 0. The minimum absolute atomic E-state index is 0.845. The molecule has 0 radical (unpaired) electrons. The molecule has 0 fully saturated rings. The Bertz CT molecular complexity index is 363. The van der Waals surface area contributed by atoms with Gasteiger partial charge in [-0.15, -0.1) is 0 Å². The number of aliphatic carboxylic acids is 4. The van der Waals surface area contributed by atoms with Gasteiger partial charge in [-0.1, -0.05) is 0 Å². The fourth-order valence-corrected chi connectivity index (χ4v) is 1.50. The van der Waals surface area contributed by atoms with Crippen LogP contribution in [0.2, 0.25) is 0 Å². The third-order valence-corrected chi connectivity index (χ3v) is 2.41. The van der Waals surface area contributed by atoms with Gasteiger partial charge in [-0.25, -0.2) is 0 Å². The molecule has 0 amide bonds. The molecule has 0 bridgehead atoms. The molecule has 0 aliphatic rings. The third-order valence-electron chi connectivity index (χ3n) is 2.41. The van der Waals surface area contributed by atoms with Gasteiger partial charge in [0, 0.05) is 5.92 Å². The van der Waals surface area contributed by atoms with E-state index in [2.05, 4.69) is 0 Å². The highest BCUT2D eigenvalue weighted by Crippen LogP contribution is 2.26. The van der Waals surface area contributed by atoms with Crippen molar-refractivity contribution in [1.82, 2.24) is 0 Å². The van der Waals surface area contributed by atoms with Crippen LogP contribution in [0, 0.1) is 5.92 Å². The average molecular weight is 263 g/mol. The van der Waals surface area contributed by atoms with Gasteiger partial charge in [-0.2, -0.15) is 0 Å². The topological polar surface area (TPSA) is 175 Å². The van der Waals surface area contributed by atoms with Gasteiger partial charge in [-0.05, 0) is 0 Å². The maximum atomic E-state index is 11.0. The molecular weight excluding hydrogens is 250 g/mol. The second-order valence-electron chi connectivity index (χ2n) is 3.81. The second kappa shape index (κ2) is 5.96. The normalized spacial score (nSPS) is 13.9. The van der Waals surface area contributed by atoms with Crippen molar-refractivity contribution in [2.24, 2.45) is 11.7 Å². The van der Waals surface area contributed by atoms with Crippen LogP contribution in [0.5, 0.6) is 0 Å². The van der Waals surface area contributed by atoms with E-state index in [4.69, 9.17) is 26.2 Å². The summed E-state index contributed by atoms with van der Waals surface area (Å²) in [6.45, 7) is 0. The van der Waals surface area contributed by atoms with Gasteiger partial charge in [0.25, 0.3) is 0 Å². The lowest BCUT2D eigenvalue weighted by Gasteiger charge is -2.30. The van der Waals surface area contributed by atoms with Crippen molar-refractivity contribution < 1.29 is 39.6 Å². The van der Waals surface area contributed by atoms with E-state index in [-0.39, 0.29) is 0 Å². The Labute approximate surface area is 101 Å². The molecule has 0 saturated carbocycles. The fourth-order valence-electron chi connectivity index (χ4n) is 1.50. The lowest BCUT2D eigenvalue weighted by molar-refractivity contribution is -0.155. The largest absolute Gasteiger partial charge is 0.481 e. The maximum Gasteiger partial charge on any atom is 0.324 e. The molecule has 1 atom stereocenters. The Kier molecular flexibility index (Phi) is 5.24. The molecule has 0 aromatic heterocycles. The molecule has 0 rings (SSSR count). The quantitative estimate of drug-likeness (QED) is 0.360. The second-order valence-corrected chi connectivity index (χ2v) is 3.81. The summed E-state index contributed by atoms with van der Waals surface area (Å²) in [5.74, 6) is -7.75. The van der Waals surface area contributed by atoms with E-state index in [9.17, 15) is 19.2 Å². The van der Waals surface area contributed by atoms with Crippen LogP contribution >= 0.6 is 0 Å². The number of nitrogens with two attached hydrogens (primary N) is 1. The monoisotopic (exact) mass is 263 g/mol. The number of carbonyl (C=O) groups is 4. The zero-order valence-corrected chi connectivity index (χ0v) is 9.20. The van der Waals surface area contributed by atoms with Crippen LogP contribution in [0.1, 0.15) is 19.3 Å². The number of carboxylic acids is 4. The van der Waals surface area contributed by atoms with Crippen LogP contribution in [0.4, 0.5) is 0 Å². The third kappa shape index (κ3) is 4.37. The van der Waals surface area contributed by atoms with E-state index in [1.165, 1.54) is 0 Å². The highest BCUT2D eigenvalue weighted by Gasteiger charge is 2.46. The zero-order chi connectivity index (χ0) is 14.5. The molecule has 0 aromatic carbocycles. The Morgan fingerprint density at radius 3 is 1.50 bits per heavy atom. The van der Waals surface area contributed by atoms with Crippen molar-refractivity contribution in [3.8, 4) is 0 Å². The Morgan fingerprint density at radius 2 is 1.28 bits per heavy atom. The SMILES string of the molecule is NC(CC(=O)O)(C(=O)O)C(CC(=O)O)CC(=O)O. The predicted octanol–water partition coefficient (Wildman–Crippen LogP) is -1.19. The predicted molar refractivity (Wildman–Crippen MR) is 54.8 cm³/mol. The molecule has 18 heavy (non-hydrogen) atoms. The van der Waals surface area contributed by atoms with Crippen LogP contribution in [-0.4, -0.2) is 49.8 Å². The van der Waals surface area contributed by atoms with Crippen LogP contribution in [0.3, 0.4) is 0 Å². The molecule has 0 heterocycles. The molecule has 6 N–H and O–H groups in total. The van der Waals surface area contributed by atoms with Crippen molar-refractivity contribution in [2.75, 3.05) is 0 Å². The van der Waals surface area contributed by atoms with Crippen molar-refractivity contribution in [3.05, 3.63) is 0 Å². The molecule has 0 spiro atoms. The highest BCUT2D eigenvalue weighted by molar-refractivity contribution is 5.87. The fraction of sp³-hybridized carbons (Fsp3) is 0.556. The van der Waals surface area contributed by atoms with Crippen molar-refractivity contribution >= 4 is 23.9 Å². The van der Waals surface area contributed by atoms with Crippen molar-refractivity contribution in [3.63, 3.8) is 0 Å². The smallest absolute Gasteiger partial charge is 0.324 e. The Hall–Kier alpha value is -2.16. The molecule has 0 aliphatic carbocycles. The number of hydrogen-bond donors (Lipinski definition) is 5. The van der Waals surface area contributed by atoms with Crippen LogP contribution < -0.4 is 5.73 Å². The van der Waals surface area contributed by atoms with Gasteiger partial charge in [0.1, 0.15) is 5.54 Å². The van der Waals surface area contributed by atoms with Gasteiger partial charge >= 0.3 is 23.9 Å².